The normalized spacial score (nSPS) is 12.2. The summed E-state index contributed by atoms with van der Waals surface area (Å²) in [7, 11) is 0. The Kier molecular flexibility index (Phi) is 3.07. The molecule has 0 spiro atoms. The van der Waals surface area contributed by atoms with E-state index < -0.39 is 0 Å². The topological polar surface area (TPSA) is 32.6 Å². The van der Waals surface area contributed by atoms with Gasteiger partial charge in [-0.3, -0.25) is 0 Å². The van der Waals surface area contributed by atoms with Gasteiger partial charge in [0.15, 0.2) is 0 Å². The lowest BCUT2D eigenvalue weighted by Gasteiger charge is -2.10. The highest BCUT2D eigenvalue weighted by atomic mass is 16.4. The molecule has 1 N–H and O–H groups in total. The zero-order chi connectivity index (χ0) is 9.84. The molecule has 2 heteroatoms. The van der Waals surface area contributed by atoms with Crippen molar-refractivity contribution in [3.8, 4) is 0 Å². The fourth-order valence-corrected chi connectivity index (χ4v) is 1.38. The molecule has 0 unspecified atom stereocenters. The van der Waals surface area contributed by atoms with Gasteiger partial charge < -0.3 is 5.21 Å². The Hall–Kier alpha value is -1.31. The van der Waals surface area contributed by atoms with Crippen LogP contribution in [0, 0.1) is 0 Å². The van der Waals surface area contributed by atoms with Crippen LogP contribution in [0.5, 0.6) is 0 Å². The third-order valence-corrected chi connectivity index (χ3v) is 2.12. The molecule has 0 saturated heterocycles. The lowest BCUT2D eigenvalue weighted by Crippen LogP contribution is -2.01. The summed E-state index contributed by atoms with van der Waals surface area (Å²) in [5.74, 6) is 0.452. The van der Waals surface area contributed by atoms with Crippen LogP contribution in [0.1, 0.15) is 37.8 Å². The van der Waals surface area contributed by atoms with Gasteiger partial charge in [-0.25, -0.2) is 0 Å². The standard InChI is InChI=1S/C11H15NO/c1-8(2)10-6-4-5-7-11(10)9(3)12-13/h4-8,13H,1-3H3/b12-9+. The Morgan fingerprint density at radius 2 is 1.92 bits per heavy atom. The van der Waals surface area contributed by atoms with Crippen molar-refractivity contribution in [2.24, 2.45) is 5.16 Å². The smallest absolute Gasteiger partial charge is 0.0839 e. The van der Waals surface area contributed by atoms with Crippen molar-refractivity contribution < 1.29 is 5.21 Å². The molecule has 0 atom stereocenters. The first-order chi connectivity index (χ1) is 6.16. The summed E-state index contributed by atoms with van der Waals surface area (Å²) in [6.07, 6.45) is 0. The van der Waals surface area contributed by atoms with Crippen molar-refractivity contribution in [3.05, 3.63) is 35.4 Å². The summed E-state index contributed by atoms with van der Waals surface area (Å²) >= 11 is 0. The predicted octanol–water partition coefficient (Wildman–Crippen LogP) is 3.01. The van der Waals surface area contributed by atoms with Crippen LogP contribution >= 0.6 is 0 Å². The minimum Gasteiger partial charge on any atom is -0.411 e. The van der Waals surface area contributed by atoms with Crippen LogP contribution in [0.2, 0.25) is 0 Å². The van der Waals surface area contributed by atoms with Crippen molar-refractivity contribution in [3.63, 3.8) is 0 Å². The monoisotopic (exact) mass is 177 g/mol. The summed E-state index contributed by atoms with van der Waals surface area (Å²) in [6, 6.07) is 8.00. The van der Waals surface area contributed by atoms with Gasteiger partial charge in [0.1, 0.15) is 0 Å². The quantitative estimate of drug-likeness (QED) is 0.420. The van der Waals surface area contributed by atoms with E-state index in [1.165, 1.54) is 5.56 Å². The second-order valence-corrected chi connectivity index (χ2v) is 3.43. The minimum absolute atomic E-state index is 0.452. The van der Waals surface area contributed by atoms with Crippen molar-refractivity contribution in [2.45, 2.75) is 26.7 Å². The Balaban J connectivity index is 3.20. The SMILES string of the molecule is C/C(=N\O)c1ccccc1C(C)C. The van der Waals surface area contributed by atoms with Crippen LogP contribution in [0.25, 0.3) is 0 Å². The number of rotatable bonds is 2. The first kappa shape index (κ1) is 9.78. The number of nitrogens with zero attached hydrogens (tertiary/aromatic N) is 1. The van der Waals surface area contributed by atoms with Crippen LogP contribution in [-0.2, 0) is 0 Å². The van der Waals surface area contributed by atoms with E-state index >= 15 is 0 Å². The molecule has 0 aliphatic rings. The van der Waals surface area contributed by atoms with Gasteiger partial charge in [-0.05, 0) is 18.4 Å². The molecule has 0 radical (unpaired) electrons. The second-order valence-electron chi connectivity index (χ2n) is 3.43. The van der Waals surface area contributed by atoms with Crippen molar-refractivity contribution >= 4 is 5.71 Å². The van der Waals surface area contributed by atoms with Gasteiger partial charge in [-0.15, -0.1) is 0 Å². The zero-order valence-corrected chi connectivity index (χ0v) is 8.28. The van der Waals surface area contributed by atoms with Gasteiger partial charge in [0, 0.05) is 5.56 Å². The first-order valence-electron chi connectivity index (χ1n) is 4.44. The average molecular weight is 177 g/mol. The maximum absolute atomic E-state index is 8.68. The molecule has 0 saturated carbocycles. The van der Waals surface area contributed by atoms with E-state index in [2.05, 4.69) is 25.1 Å². The maximum Gasteiger partial charge on any atom is 0.0839 e. The molecule has 1 rings (SSSR count). The Morgan fingerprint density at radius 1 is 1.31 bits per heavy atom. The highest BCUT2D eigenvalue weighted by molar-refractivity contribution is 5.99. The van der Waals surface area contributed by atoms with E-state index in [1.807, 2.05) is 18.2 Å². The molecule has 0 aliphatic heterocycles. The van der Waals surface area contributed by atoms with E-state index in [0.717, 1.165) is 5.56 Å². The van der Waals surface area contributed by atoms with Crippen LogP contribution in [-0.4, -0.2) is 10.9 Å². The van der Waals surface area contributed by atoms with E-state index in [4.69, 9.17) is 5.21 Å². The zero-order valence-electron chi connectivity index (χ0n) is 8.28. The molecule has 13 heavy (non-hydrogen) atoms. The molecule has 1 aromatic rings. The molecule has 1 aromatic carbocycles. The number of oxime groups is 1. The van der Waals surface area contributed by atoms with Crippen molar-refractivity contribution in [2.75, 3.05) is 0 Å². The molecule has 0 heterocycles. The highest BCUT2D eigenvalue weighted by Crippen LogP contribution is 2.19. The molecular weight excluding hydrogens is 162 g/mol. The summed E-state index contributed by atoms with van der Waals surface area (Å²) in [4.78, 5) is 0. The van der Waals surface area contributed by atoms with Crippen molar-refractivity contribution in [1.82, 2.24) is 0 Å². The van der Waals surface area contributed by atoms with Gasteiger partial charge >= 0.3 is 0 Å². The van der Waals surface area contributed by atoms with Crippen molar-refractivity contribution in [1.29, 1.82) is 0 Å². The maximum atomic E-state index is 8.68. The number of benzene rings is 1. The van der Waals surface area contributed by atoms with Gasteiger partial charge in [0.05, 0.1) is 5.71 Å². The summed E-state index contributed by atoms with van der Waals surface area (Å²) in [5, 5.41) is 11.9. The highest BCUT2D eigenvalue weighted by Gasteiger charge is 2.07. The molecular formula is C11H15NO. The van der Waals surface area contributed by atoms with Gasteiger partial charge in [0.25, 0.3) is 0 Å². The molecule has 70 valence electrons. The number of hydrogen-bond acceptors (Lipinski definition) is 2. The number of hydrogen-bond donors (Lipinski definition) is 1. The van der Waals surface area contributed by atoms with E-state index in [-0.39, 0.29) is 0 Å². The Morgan fingerprint density at radius 3 is 2.46 bits per heavy atom. The summed E-state index contributed by atoms with van der Waals surface area (Å²) in [6.45, 7) is 6.06. The largest absolute Gasteiger partial charge is 0.411 e. The lowest BCUT2D eigenvalue weighted by molar-refractivity contribution is 0.319. The third-order valence-electron chi connectivity index (χ3n) is 2.12. The first-order valence-corrected chi connectivity index (χ1v) is 4.44. The Labute approximate surface area is 78.9 Å². The van der Waals surface area contributed by atoms with E-state index in [0.29, 0.717) is 11.6 Å². The van der Waals surface area contributed by atoms with Crippen LogP contribution in [0.4, 0.5) is 0 Å². The fourth-order valence-electron chi connectivity index (χ4n) is 1.38. The van der Waals surface area contributed by atoms with Gasteiger partial charge in [-0.2, -0.15) is 0 Å². The second kappa shape index (κ2) is 4.08. The van der Waals surface area contributed by atoms with E-state index in [1.54, 1.807) is 6.92 Å². The van der Waals surface area contributed by atoms with Crippen LogP contribution < -0.4 is 0 Å². The summed E-state index contributed by atoms with van der Waals surface area (Å²) in [5.41, 5.74) is 2.92. The van der Waals surface area contributed by atoms with Gasteiger partial charge in [0.2, 0.25) is 0 Å². The average Bonchev–Trinajstić information content (AvgIpc) is 2.16. The minimum atomic E-state index is 0.452. The predicted molar refractivity (Wildman–Crippen MR) is 54.5 cm³/mol. The van der Waals surface area contributed by atoms with E-state index in [9.17, 15) is 0 Å². The molecule has 0 fully saturated rings. The molecule has 2 nitrogen and oxygen atoms in total. The summed E-state index contributed by atoms with van der Waals surface area (Å²) < 4.78 is 0. The molecule has 0 aromatic heterocycles. The fraction of sp³-hybridized carbons (Fsp3) is 0.364. The molecule has 0 bridgehead atoms. The molecule has 0 amide bonds. The van der Waals surface area contributed by atoms with Crippen LogP contribution in [0.15, 0.2) is 29.4 Å². The molecule has 0 aliphatic carbocycles. The lowest BCUT2D eigenvalue weighted by atomic mass is 9.95. The van der Waals surface area contributed by atoms with Crippen LogP contribution in [0.3, 0.4) is 0 Å². The van der Waals surface area contributed by atoms with Gasteiger partial charge in [-0.1, -0.05) is 43.3 Å². The Bertz CT molecular complexity index is 316. The third kappa shape index (κ3) is 2.08.